The molecule has 0 heterocycles. The molecule has 1 amide bonds. The molecule has 23 heavy (non-hydrogen) atoms. The Morgan fingerprint density at radius 3 is 2.39 bits per heavy atom. The molecule has 2 rings (SSSR count). The zero-order chi connectivity index (χ0) is 17.0. The van der Waals surface area contributed by atoms with E-state index in [0.717, 1.165) is 22.6 Å². The normalized spacial score (nSPS) is 12.0. The van der Waals surface area contributed by atoms with Gasteiger partial charge in [-0.3, -0.25) is 4.79 Å². The molecule has 0 saturated heterocycles. The Hall–Kier alpha value is -2.27. The second-order valence-electron chi connectivity index (χ2n) is 5.89. The van der Waals surface area contributed by atoms with Crippen molar-refractivity contribution in [2.24, 2.45) is 0 Å². The predicted molar refractivity (Wildman–Crippen MR) is 86.4 cm³/mol. The molecule has 2 aromatic rings. The van der Waals surface area contributed by atoms with Crippen molar-refractivity contribution in [1.29, 1.82) is 0 Å². The van der Waals surface area contributed by atoms with Gasteiger partial charge in [0.15, 0.2) is 6.54 Å². The van der Waals surface area contributed by atoms with Crippen LogP contribution in [0.3, 0.4) is 0 Å². The molecular formula is C18H21F2N2O+. The molecule has 0 bridgehead atoms. The number of carbonyl (C=O) groups is 1. The lowest BCUT2D eigenvalue weighted by Gasteiger charge is -2.16. The van der Waals surface area contributed by atoms with Crippen LogP contribution in [-0.2, 0) is 11.3 Å². The summed E-state index contributed by atoms with van der Waals surface area (Å²) in [6, 6.07) is 9.66. The van der Waals surface area contributed by atoms with Crippen LogP contribution in [0, 0.1) is 25.5 Å². The van der Waals surface area contributed by atoms with Gasteiger partial charge in [-0.05, 0) is 31.5 Å². The van der Waals surface area contributed by atoms with Gasteiger partial charge in [0.05, 0.1) is 7.05 Å². The lowest BCUT2D eigenvalue weighted by atomic mass is 10.1. The summed E-state index contributed by atoms with van der Waals surface area (Å²) < 4.78 is 27.0. The number of likely N-dealkylation sites (N-methyl/N-ethyl adjacent to an activating group) is 1. The van der Waals surface area contributed by atoms with Crippen LogP contribution in [-0.4, -0.2) is 19.5 Å². The third-order valence-corrected chi connectivity index (χ3v) is 3.68. The molecule has 1 atom stereocenters. The lowest BCUT2D eigenvalue weighted by Crippen LogP contribution is -3.08. The van der Waals surface area contributed by atoms with Crippen LogP contribution in [0.4, 0.5) is 14.5 Å². The number of para-hydroxylation sites is 1. The van der Waals surface area contributed by atoms with E-state index < -0.39 is 23.2 Å². The summed E-state index contributed by atoms with van der Waals surface area (Å²) in [5.41, 5.74) is 3.12. The quantitative estimate of drug-likeness (QED) is 0.871. The monoisotopic (exact) mass is 319 g/mol. The van der Waals surface area contributed by atoms with Crippen LogP contribution in [0.25, 0.3) is 0 Å². The Morgan fingerprint density at radius 1 is 1.13 bits per heavy atom. The number of benzene rings is 2. The van der Waals surface area contributed by atoms with Crippen LogP contribution in [0.2, 0.25) is 0 Å². The smallest absolute Gasteiger partial charge is 0.279 e. The first kappa shape index (κ1) is 17.1. The fraction of sp³-hybridized carbons (Fsp3) is 0.278. The average Bonchev–Trinajstić information content (AvgIpc) is 2.46. The van der Waals surface area contributed by atoms with Crippen LogP contribution in [0.1, 0.15) is 16.7 Å². The molecule has 3 nitrogen and oxygen atoms in total. The Bertz CT molecular complexity index is 696. The van der Waals surface area contributed by atoms with Gasteiger partial charge in [0.1, 0.15) is 23.9 Å². The lowest BCUT2D eigenvalue weighted by molar-refractivity contribution is -0.885. The molecule has 122 valence electrons. The summed E-state index contributed by atoms with van der Waals surface area (Å²) in [5.74, 6) is -1.97. The van der Waals surface area contributed by atoms with Crippen LogP contribution in [0.5, 0.6) is 0 Å². The van der Waals surface area contributed by atoms with E-state index in [9.17, 15) is 13.6 Å². The summed E-state index contributed by atoms with van der Waals surface area (Å²) in [6.45, 7) is 4.86. The molecular weight excluding hydrogens is 298 g/mol. The first-order valence-corrected chi connectivity index (χ1v) is 7.48. The number of amides is 1. The molecule has 0 fully saturated rings. The first-order valence-electron chi connectivity index (χ1n) is 7.48. The average molecular weight is 319 g/mol. The zero-order valence-corrected chi connectivity index (χ0v) is 13.5. The molecule has 0 aromatic heterocycles. The number of nitrogens with one attached hydrogen (secondary N) is 2. The SMILES string of the molecule is Cc1ccc(C[NH+](C)CC(=O)Nc2c(F)cccc2F)c(C)c1. The van der Waals surface area contributed by atoms with Crippen LogP contribution < -0.4 is 10.2 Å². The fourth-order valence-electron chi connectivity index (χ4n) is 2.51. The summed E-state index contributed by atoms with van der Waals surface area (Å²) in [5, 5.41) is 2.31. The number of carbonyl (C=O) groups excluding carboxylic acids is 1. The number of quaternary nitrogens is 1. The number of anilines is 1. The number of hydrogen-bond acceptors (Lipinski definition) is 1. The fourth-order valence-corrected chi connectivity index (χ4v) is 2.51. The Balaban J connectivity index is 1.97. The second-order valence-corrected chi connectivity index (χ2v) is 5.89. The third-order valence-electron chi connectivity index (χ3n) is 3.68. The maximum atomic E-state index is 13.5. The van der Waals surface area contributed by atoms with E-state index in [4.69, 9.17) is 0 Å². The van der Waals surface area contributed by atoms with Crippen molar-refractivity contribution in [1.82, 2.24) is 0 Å². The highest BCUT2D eigenvalue weighted by atomic mass is 19.1. The minimum atomic E-state index is -0.773. The highest BCUT2D eigenvalue weighted by Gasteiger charge is 2.16. The number of halogens is 2. The minimum absolute atomic E-state index is 0.126. The van der Waals surface area contributed by atoms with Crippen LogP contribution in [0.15, 0.2) is 36.4 Å². The standard InChI is InChI=1S/C18H20F2N2O/c1-12-7-8-14(13(2)9-12)10-22(3)11-17(23)21-18-15(19)5-4-6-16(18)20/h4-9H,10-11H2,1-3H3,(H,21,23)/p+1. The van der Waals surface area contributed by atoms with Gasteiger partial charge < -0.3 is 10.2 Å². The third kappa shape index (κ3) is 4.60. The topological polar surface area (TPSA) is 33.5 Å². The second kappa shape index (κ2) is 7.33. The molecule has 0 aliphatic rings. The highest BCUT2D eigenvalue weighted by molar-refractivity contribution is 5.91. The Kier molecular flexibility index (Phi) is 5.45. The van der Waals surface area contributed by atoms with Gasteiger partial charge in [-0.15, -0.1) is 0 Å². The number of aryl methyl sites for hydroxylation is 2. The number of rotatable bonds is 5. The van der Waals surface area contributed by atoms with Gasteiger partial charge in [-0.1, -0.05) is 29.8 Å². The molecule has 0 saturated carbocycles. The van der Waals surface area contributed by atoms with Crippen LogP contribution >= 0.6 is 0 Å². The van der Waals surface area contributed by atoms with E-state index in [1.165, 1.54) is 17.2 Å². The molecule has 5 heteroatoms. The minimum Gasteiger partial charge on any atom is -0.326 e. The molecule has 0 aliphatic heterocycles. The van der Waals surface area contributed by atoms with Crippen molar-refractivity contribution in [3.63, 3.8) is 0 Å². The molecule has 0 radical (unpaired) electrons. The van der Waals surface area contributed by atoms with Gasteiger partial charge >= 0.3 is 0 Å². The van der Waals surface area contributed by atoms with Gasteiger partial charge in [-0.2, -0.15) is 0 Å². The Labute approximate surface area is 134 Å². The highest BCUT2D eigenvalue weighted by Crippen LogP contribution is 2.17. The van der Waals surface area contributed by atoms with Gasteiger partial charge in [-0.25, -0.2) is 8.78 Å². The molecule has 0 spiro atoms. The number of hydrogen-bond donors (Lipinski definition) is 2. The van der Waals surface area contributed by atoms with Gasteiger partial charge in [0.2, 0.25) is 0 Å². The van der Waals surface area contributed by atoms with E-state index in [1.54, 1.807) is 0 Å². The van der Waals surface area contributed by atoms with E-state index in [0.29, 0.717) is 6.54 Å². The molecule has 1 unspecified atom stereocenters. The van der Waals surface area contributed by atoms with E-state index in [2.05, 4.69) is 11.4 Å². The van der Waals surface area contributed by atoms with Crippen molar-refractivity contribution in [3.05, 3.63) is 64.7 Å². The van der Waals surface area contributed by atoms with Crippen molar-refractivity contribution in [3.8, 4) is 0 Å². The zero-order valence-electron chi connectivity index (χ0n) is 13.5. The van der Waals surface area contributed by atoms with Gasteiger partial charge in [0, 0.05) is 5.56 Å². The van der Waals surface area contributed by atoms with Crippen molar-refractivity contribution in [2.75, 3.05) is 18.9 Å². The maximum Gasteiger partial charge on any atom is 0.279 e. The summed E-state index contributed by atoms with van der Waals surface area (Å²) in [7, 11) is 1.87. The van der Waals surface area contributed by atoms with Crippen molar-refractivity contribution >= 4 is 11.6 Å². The van der Waals surface area contributed by atoms with E-state index >= 15 is 0 Å². The molecule has 2 aromatic carbocycles. The largest absolute Gasteiger partial charge is 0.326 e. The van der Waals surface area contributed by atoms with Crippen molar-refractivity contribution < 1.29 is 18.5 Å². The maximum absolute atomic E-state index is 13.5. The molecule has 0 aliphatic carbocycles. The van der Waals surface area contributed by atoms with E-state index in [1.807, 2.05) is 33.0 Å². The first-order chi connectivity index (χ1) is 10.9. The summed E-state index contributed by atoms with van der Waals surface area (Å²) in [4.78, 5) is 12.9. The predicted octanol–water partition coefficient (Wildman–Crippen LogP) is 2.24. The Morgan fingerprint density at radius 2 is 1.78 bits per heavy atom. The summed E-state index contributed by atoms with van der Waals surface area (Å²) >= 11 is 0. The van der Waals surface area contributed by atoms with E-state index in [-0.39, 0.29) is 6.54 Å². The summed E-state index contributed by atoms with van der Waals surface area (Å²) in [6.07, 6.45) is 0. The molecule has 2 N–H and O–H groups in total. The van der Waals surface area contributed by atoms with Crippen molar-refractivity contribution in [2.45, 2.75) is 20.4 Å². The van der Waals surface area contributed by atoms with Gasteiger partial charge in [0.25, 0.3) is 5.91 Å².